The minimum atomic E-state index is -0.398. The van der Waals surface area contributed by atoms with Gasteiger partial charge in [0.2, 0.25) is 0 Å². The van der Waals surface area contributed by atoms with E-state index in [9.17, 15) is 4.79 Å². The van der Waals surface area contributed by atoms with Crippen molar-refractivity contribution < 1.29 is 9.53 Å². The highest BCUT2D eigenvalue weighted by molar-refractivity contribution is 6.04. The highest BCUT2D eigenvalue weighted by atomic mass is 16.5. The molecule has 0 heterocycles. The van der Waals surface area contributed by atoms with Gasteiger partial charge >= 0.3 is 5.97 Å². The van der Waals surface area contributed by atoms with Gasteiger partial charge in [0.25, 0.3) is 0 Å². The Labute approximate surface area is 210 Å². The van der Waals surface area contributed by atoms with E-state index in [1.54, 1.807) is 0 Å². The predicted octanol–water partition coefficient (Wildman–Crippen LogP) is 7.79. The smallest absolute Gasteiger partial charge is 0.338 e. The summed E-state index contributed by atoms with van der Waals surface area (Å²) >= 11 is 0. The Kier molecular flexibility index (Phi) is 4.37. The van der Waals surface area contributed by atoms with Crippen LogP contribution >= 0.6 is 0 Å². The van der Waals surface area contributed by atoms with E-state index in [0.29, 0.717) is 5.56 Å². The maximum absolute atomic E-state index is 12.8. The molecule has 7 rings (SSSR count). The van der Waals surface area contributed by atoms with E-state index in [4.69, 9.17) is 4.74 Å². The number of carbonyl (C=O) groups excluding carboxylic acids is 1. The fourth-order valence-electron chi connectivity index (χ4n) is 6.54. The number of ether oxygens (including phenoxy) is 1. The quantitative estimate of drug-likeness (QED) is 0.244. The molecule has 1 spiro atoms. The van der Waals surface area contributed by atoms with Gasteiger partial charge in [-0.2, -0.15) is 0 Å². The summed E-state index contributed by atoms with van der Waals surface area (Å²) in [6.45, 7) is 2.06. The van der Waals surface area contributed by atoms with Crippen molar-refractivity contribution in [3.05, 3.63) is 143 Å². The predicted molar refractivity (Wildman–Crippen MR) is 144 cm³/mol. The largest absolute Gasteiger partial charge is 0.465 e. The minimum Gasteiger partial charge on any atom is -0.465 e. The van der Waals surface area contributed by atoms with Crippen LogP contribution in [0, 0.1) is 6.92 Å². The number of rotatable bonds is 2. The molecule has 5 aromatic carbocycles. The topological polar surface area (TPSA) is 26.3 Å². The van der Waals surface area contributed by atoms with E-state index in [1.807, 2.05) is 12.1 Å². The zero-order chi connectivity index (χ0) is 24.4. The van der Waals surface area contributed by atoms with Crippen LogP contribution in [0.5, 0.6) is 0 Å². The second-order valence-electron chi connectivity index (χ2n) is 9.66. The van der Waals surface area contributed by atoms with Crippen molar-refractivity contribution in [1.82, 2.24) is 0 Å². The molecular weight excluding hydrogens is 440 g/mol. The molecule has 2 aliphatic rings. The monoisotopic (exact) mass is 464 g/mol. The lowest BCUT2D eigenvalue weighted by molar-refractivity contribution is 0.0601. The van der Waals surface area contributed by atoms with Crippen LogP contribution in [0.3, 0.4) is 0 Å². The Morgan fingerprint density at radius 3 is 1.75 bits per heavy atom. The van der Waals surface area contributed by atoms with Crippen LogP contribution in [0.4, 0.5) is 0 Å². The molecular formula is C34H24O2. The first-order valence-corrected chi connectivity index (χ1v) is 12.3. The number of hydrogen-bond donors (Lipinski definition) is 0. The van der Waals surface area contributed by atoms with Gasteiger partial charge in [-0.25, -0.2) is 4.79 Å². The summed E-state index contributed by atoms with van der Waals surface area (Å²) in [5.74, 6) is -0.319. The summed E-state index contributed by atoms with van der Waals surface area (Å²) in [5.41, 5.74) is 13.4. The van der Waals surface area contributed by atoms with Gasteiger partial charge in [-0.1, -0.05) is 109 Å². The number of esters is 1. The van der Waals surface area contributed by atoms with Crippen molar-refractivity contribution in [3.63, 3.8) is 0 Å². The molecule has 2 nitrogen and oxygen atoms in total. The van der Waals surface area contributed by atoms with Crippen LogP contribution in [-0.2, 0) is 10.2 Å². The Balaban J connectivity index is 1.64. The first-order chi connectivity index (χ1) is 17.7. The van der Waals surface area contributed by atoms with Crippen LogP contribution in [-0.4, -0.2) is 13.1 Å². The van der Waals surface area contributed by atoms with Crippen molar-refractivity contribution in [2.75, 3.05) is 7.11 Å². The van der Waals surface area contributed by atoms with Crippen molar-refractivity contribution in [2.24, 2.45) is 0 Å². The molecule has 0 saturated heterocycles. The van der Waals surface area contributed by atoms with E-state index in [0.717, 1.165) is 16.7 Å². The van der Waals surface area contributed by atoms with E-state index in [-0.39, 0.29) is 5.97 Å². The van der Waals surface area contributed by atoms with Gasteiger partial charge < -0.3 is 4.74 Å². The lowest BCUT2D eigenvalue weighted by atomic mass is 9.70. The number of hydrogen-bond acceptors (Lipinski definition) is 2. The van der Waals surface area contributed by atoms with E-state index in [2.05, 4.69) is 104 Å². The normalized spacial score (nSPS) is 13.6. The molecule has 172 valence electrons. The zero-order valence-corrected chi connectivity index (χ0v) is 20.2. The standard InChI is InChI=1S/C34H24O2/c1-21-18-19-25(33(35)36-2)27(20-21)24-13-9-17-31-32(24)26-12-5-8-16-30(26)34(31)28-14-6-3-10-22(28)23-11-4-7-15-29(23)34/h3-20H,1-2H3. The summed E-state index contributed by atoms with van der Waals surface area (Å²) < 4.78 is 5.17. The van der Waals surface area contributed by atoms with Crippen molar-refractivity contribution >= 4 is 5.97 Å². The summed E-state index contributed by atoms with van der Waals surface area (Å²) in [6, 6.07) is 38.8. The molecule has 0 bridgehead atoms. The number of methoxy groups -OCH3 is 1. The van der Waals surface area contributed by atoms with Crippen LogP contribution in [0.15, 0.2) is 109 Å². The van der Waals surface area contributed by atoms with E-state index >= 15 is 0 Å². The Bertz CT molecular complexity index is 1660. The third-order valence-corrected chi connectivity index (χ3v) is 7.89. The van der Waals surface area contributed by atoms with Crippen LogP contribution in [0.2, 0.25) is 0 Å². The van der Waals surface area contributed by atoms with Crippen LogP contribution in [0.25, 0.3) is 33.4 Å². The second kappa shape index (κ2) is 7.53. The highest BCUT2D eigenvalue weighted by Crippen LogP contribution is 2.63. The molecule has 5 aromatic rings. The summed E-state index contributed by atoms with van der Waals surface area (Å²) in [4.78, 5) is 12.8. The molecule has 0 amide bonds. The average Bonchev–Trinajstić information content (AvgIpc) is 3.40. The van der Waals surface area contributed by atoms with Crippen LogP contribution in [0.1, 0.15) is 38.2 Å². The molecule has 0 unspecified atom stereocenters. The molecule has 0 saturated carbocycles. The molecule has 0 N–H and O–H groups in total. The number of carbonyl (C=O) groups is 1. The lowest BCUT2D eigenvalue weighted by Crippen LogP contribution is -2.25. The van der Waals surface area contributed by atoms with E-state index < -0.39 is 5.41 Å². The number of aryl methyl sites for hydroxylation is 1. The Hall–Kier alpha value is -4.43. The summed E-state index contributed by atoms with van der Waals surface area (Å²) in [6.07, 6.45) is 0. The molecule has 0 aliphatic heterocycles. The molecule has 2 aliphatic carbocycles. The summed E-state index contributed by atoms with van der Waals surface area (Å²) in [5, 5.41) is 0. The third kappa shape index (κ3) is 2.54. The fraction of sp³-hybridized carbons (Fsp3) is 0.0882. The molecule has 2 heteroatoms. The van der Waals surface area contributed by atoms with Gasteiger partial charge in [-0.15, -0.1) is 0 Å². The molecule has 0 radical (unpaired) electrons. The van der Waals surface area contributed by atoms with Gasteiger partial charge in [-0.05, 0) is 68.6 Å². The molecule has 36 heavy (non-hydrogen) atoms. The van der Waals surface area contributed by atoms with Gasteiger partial charge in [0.1, 0.15) is 0 Å². The first kappa shape index (κ1) is 20.9. The molecule has 0 atom stereocenters. The average molecular weight is 465 g/mol. The number of benzene rings is 5. The van der Waals surface area contributed by atoms with Gasteiger partial charge in [0, 0.05) is 0 Å². The molecule has 0 aromatic heterocycles. The van der Waals surface area contributed by atoms with Crippen molar-refractivity contribution in [2.45, 2.75) is 12.3 Å². The van der Waals surface area contributed by atoms with E-state index in [1.165, 1.54) is 51.6 Å². The minimum absolute atomic E-state index is 0.319. The fourth-order valence-corrected chi connectivity index (χ4v) is 6.54. The number of fused-ring (bicyclic) bond motifs is 10. The van der Waals surface area contributed by atoms with Crippen LogP contribution < -0.4 is 0 Å². The first-order valence-electron chi connectivity index (χ1n) is 12.3. The maximum Gasteiger partial charge on any atom is 0.338 e. The summed E-state index contributed by atoms with van der Waals surface area (Å²) in [7, 11) is 1.44. The van der Waals surface area contributed by atoms with Crippen molar-refractivity contribution in [3.8, 4) is 33.4 Å². The Morgan fingerprint density at radius 2 is 1.11 bits per heavy atom. The maximum atomic E-state index is 12.8. The third-order valence-electron chi connectivity index (χ3n) is 7.89. The van der Waals surface area contributed by atoms with Gasteiger partial charge in [0.15, 0.2) is 0 Å². The van der Waals surface area contributed by atoms with Gasteiger partial charge in [-0.3, -0.25) is 0 Å². The van der Waals surface area contributed by atoms with Crippen molar-refractivity contribution in [1.29, 1.82) is 0 Å². The SMILES string of the molecule is COC(=O)c1ccc(C)cc1-c1cccc2c1-c1ccccc1C21c2ccccc2-c2ccccc21. The highest BCUT2D eigenvalue weighted by Gasteiger charge is 2.51. The zero-order valence-electron chi connectivity index (χ0n) is 20.2. The lowest BCUT2D eigenvalue weighted by Gasteiger charge is -2.30. The Morgan fingerprint density at radius 1 is 0.583 bits per heavy atom. The molecule has 0 fully saturated rings. The van der Waals surface area contributed by atoms with Gasteiger partial charge in [0.05, 0.1) is 18.1 Å². The second-order valence-corrected chi connectivity index (χ2v) is 9.66.